The standard InChI is InChI=1S/C29H21FN4O5/c1-37-28(35)24-23(16-6-4-3-5-7-16)20(15-31)26(32)34(25(24)29(36)38-2)19-12-13-22-21(14-19)33-27(39-22)17-8-10-18(30)11-9-17/h3-14,23H,32H2,1-2H3. The third-order valence-corrected chi connectivity index (χ3v) is 6.33. The van der Waals surface area contributed by atoms with Gasteiger partial charge in [-0.25, -0.2) is 19.0 Å². The number of aromatic nitrogens is 1. The molecule has 0 saturated carbocycles. The van der Waals surface area contributed by atoms with Crippen molar-refractivity contribution in [3.8, 4) is 17.5 Å². The first kappa shape index (κ1) is 25.2. The van der Waals surface area contributed by atoms with Gasteiger partial charge in [0, 0.05) is 5.56 Å². The predicted molar refractivity (Wildman–Crippen MR) is 139 cm³/mol. The van der Waals surface area contributed by atoms with E-state index in [1.54, 1.807) is 48.5 Å². The number of benzene rings is 3. The van der Waals surface area contributed by atoms with Crippen molar-refractivity contribution in [3.63, 3.8) is 0 Å². The van der Waals surface area contributed by atoms with Gasteiger partial charge in [0.25, 0.3) is 0 Å². The Bertz CT molecular complexity index is 1700. The van der Waals surface area contributed by atoms with Gasteiger partial charge < -0.3 is 19.6 Å². The number of nitrogens with two attached hydrogens (primary N) is 1. The number of oxazole rings is 1. The van der Waals surface area contributed by atoms with Crippen molar-refractivity contribution in [2.24, 2.45) is 5.73 Å². The van der Waals surface area contributed by atoms with E-state index in [-0.39, 0.29) is 28.6 Å². The van der Waals surface area contributed by atoms with Crippen molar-refractivity contribution >= 4 is 28.7 Å². The quantitative estimate of drug-likeness (QED) is 0.374. The molecule has 5 rings (SSSR count). The Morgan fingerprint density at radius 1 is 1.03 bits per heavy atom. The number of nitrogens with zero attached hydrogens (tertiary/aromatic N) is 3. The molecule has 4 aromatic rings. The van der Waals surface area contributed by atoms with E-state index in [4.69, 9.17) is 19.6 Å². The van der Waals surface area contributed by atoms with Crippen LogP contribution in [-0.4, -0.2) is 31.1 Å². The monoisotopic (exact) mass is 524 g/mol. The van der Waals surface area contributed by atoms with Gasteiger partial charge >= 0.3 is 11.9 Å². The lowest BCUT2D eigenvalue weighted by Gasteiger charge is -2.35. The van der Waals surface area contributed by atoms with Crippen molar-refractivity contribution in [1.82, 2.24) is 4.98 Å². The molecule has 1 unspecified atom stereocenters. The van der Waals surface area contributed by atoms with Crippen LogP contribution in [0, 0.1) is 17.1 Å². The zero-order valence-corrected chi connectivity index (χ0v) is 20.8. The molecule has 1 aliphatic rings. The van der Waals surface area contributed by atoms with Gasteiger partial charge in [-0.2, -0.15) is 5.26 Å². The fourth-order valence-corrected chi connectivity index (χ4v) is 4.55. The number of esters is 2. The maximum Gasteiger partial charge on any atom is 0.355 e. The van der Waals surface area contributed by atoms with Gasteiger partial charge in [0.05, 0.1) is 43.0 Å². The number of allylic oxidation sites excluding steroid dienone is 1. The summed E-state index contributed by atoms with van der Waals surface area (Å²) in [4.78, 5) is 32.2. The average Bonchev–Trinajstić information content (AvgIpc) is 3.40. The minimum absolute atomic E-state index is 0.0431. The molecule has 1 aromatic heterocycles. The summed E-state index contributed by atoms with van der Waals surface area (Å²) < 4.78 is 29.3. The van der Waals surface area contributed by atoms with Crippen LogP contribution in [0.5, 0.6) is 0 Å². The summed E-state index contributed by atoms with van der Waals surface area (Å²) in [5.41, 5.74) is 8.54. The topological polar surface area (TPSA) is 132 Å². The molecule has 0 radical (unpaired) electrons. The van der Waals surface area contributed by atoms with Gasteiger partial charge in [-0.05, 0) is 48.0 Å². The molecule has 0 saturated heterocycles. The number of hydrogen-bond donors (Lipinski definition) is 1. The molecular weight excluding hydrogens is 503 g/mol. The maximum absolute atomic E-state index is 13.4. The van der Waals surface area contributed by atoms with Crippen LogP contribution < -0.4 is 10.6 Å². The molecule has 1 aliphatic heterocycles. The molecule has 0 aliphatic carbocycles. The Balaban J connectivity index is 1.73. The molecule has 1 atom stereocenters. The zero-order valence-electron chi connectivity index (χ0n) is 20.8. The van der Waals surface area contributed by atoms with Crippen LogP contribution in [0.4, 0.5) is 10.1 Å². The summed E-state index contributed by atoms with van der Waals surface area (Å²) in [5.74, 6) is -2.87. The molecule has 0 fully saturated rings. The zero-order chi connectivity index (χ0) is 27.7. The SMILES string of the molecule is COC(=O)C1=C(C(=O)OC)N(c2ccc3oc(-c4ccc(F)cc4)nc3c2)C(N)=C(C#N)C1c1ccccc1. The smallest absolute Gasteiger partial charge is 0.355 e. The Morgan fingerprint density at radius 3 is 2.36 bits per heavy atom. The van der Waals surface area contributed by atoms with Gasteiger partial charge in [0.1, 0.15) is 22.9 Å². The van der Waals surface area contributed by atoms with Gasteiger partial charge in [-0.3, -0.25) is 4.90 Å². The highest BCUT2D eigenvalue weighted by Gasteiger charge is 2.43. The summed E-state index contributed by atoms with van der Waals surface area (Å²) in [5, 5.41) is 10.2. The number of anilines is 1. The molecule has 194 valence electrons. The number of hydrogen-bond acceptors (Lipinski definition) is 9. The van der Waals surface area contributed by atoms with E-state index in [9.17, 15) is 19.2 Å². The van der Waals surface area contributed by atoms with E-state index in [0.717, 1.165) is 0 Å². The largest absolute Gasteiger partial charge is 0.466 e. The fourth-order valence-electron chi connectivity index (χ4n) is 4.55. The van der Waals surface area contributed by atoms with E-state index in [1.165, 1.54) is 43.4 Å². The van der Waals surface area contributed by atoms with Crippen LogP contribution in [0.1, 0.15) is 11.5 Å². The molecule has 0 bridgehead atoms. The molecule has 0 spiro atoms. The lowest BCUT2D eigenvalue weighted by Crippen LogP contribution is -2.40. The van der Waals surface area contributed by atoms with E-state index >= 15 is 0 Å². The van der Waals surface area contributed by atoms with Crippen LogP contribution in [-0.2, 0) is 19.1 Å². The highest BCUT2D eigenvalue weighted by Crippen LogP contribution is 2.43. The Labute approximate surface area is 222 Å². The number of carbonyl (C=O) groups is 2. The number of carbonyl (C=O) groups excluding carboxylic acids is 2. The van der Waals surface area contributed by atoms with Crippen molar-refractivity contribution in [3.05, 3.63) is 107 Å². The van der Waals surface area contributed by atoms with Crippen LogP contribution in [0.3, 0.4) is 0 Å². The van der Waals surface area contributed by atoms with Gasteiger partial charge in [0.15, 0.2) is 5.58 Å². The second-order valence-corrected chi connectivity index (χ2v) is 8.51. The van der Waals surface area contributed by atoms with Crippen LogP contribution in [0.25, 0.3) is 22.6 Å². The molecule has 0 amide bonds. The molecule has 10 heteroatoms. The maximum atomic E-state index is 13.4. The van der Waals surface area contributed by atoms with E-state index in [0.29, 0.717) is 27.9 Å². The van der Waals surface area contributed by atoms with Crippen molar-refractivity contribution < 1.29 is 27.9 Å². The number of halogens is 1. The Kier molecular flexibility index (Phi) is 6.56. The predicted octanol–water partition coefficient (Wildman–Crippen LogP) is 4.53. The summed E-state index contributed by atoms with van der Waals surface area (Å²) in [6, 6.07) is 21.3. The fraction of sp³-hybridized carbons (Fsp3) is 0.103. The second kappa shape index (κ2) is 10.1. The first-order chi connectivity index (χ1) is 18.9. The second-order valence-electron chi connectivity index (χ2n) is 8.51. The number of nitriles is 1. The van der Waals surface area contributed by atoms with Crippen molar-refractivity contribution in [2.45, 2.75) is 5.92 Å². The third-order valence-electron chi connectivity index (χ3n) is 6.33. The minimum atomic E-state index is -0.977. The summed E-state index contributed by atoms with van der Waals surface area (Å²) in [7, 11) is 2.36. The lowest BCUT2D eigenvalue weighted by atomic mass is 9.81. The molecule has 2 heterocycles. The number of ether oxygens (including phenoxy) is 2. The Morgan fingerprint density at radius 2 is 1.72 bits per heavy atom. The average molecular weight is 525 g/mol. The minimum Gasteiger partial charge on any atom is -0.466 e. The van der Waals surface area contributed by atoms with Crippen LogP contribution in [0.15, 0.2) is 99.9 Å². The van der Waals surface area contributed by atoms with E-state index in [1.807, 2.05) is 0 Å². The van der Waals surface area contributed by atoms with Gasteiger partial charge in [-0.1, -0.05) is 30.3 Å². The van der Waals surface area contributed by atoms with Gasteiger partial charge in [0.2, 0.25) is 5.89 Å². The summed E-state index contributed by atoms with van der Waals surface area (Å²) in [6.07, 6.45) is 0. The summed E-state index contributed by atoms with van der Waals surface area (Å²) in [6.45, 7) is 0. The first-order valence-corrected chi connectivity index (χ1v) is 11.7. The molecule has 3 aromatic carbocycles. The normalized spacial score (nSPS) is 15.3. The number of fused-ring (bicyclic) bond motifs is 1. The van der Waals surface area contributed by atoms with Gasteiger partial charge in [-0.15, -0.1) is 0 Å². The van der Waals surface area contributed by atoms with Crippen LogP contribution >= 0.6 is 0 Å². The first-order valence-electron chi connectivity index (χ1n) is 11.7. The lowest BCUT2D eigenvalue weighted by molar-refractivity contribution is -0.139. The van der Waals surface area contributed by atoms with Crippen LogP contribution in [0.2, 0.25) is 0 Å². The molecule has 2 N–H and O–H groups in total. The molecule has 39 heavy (non-hydrogen) atoms. The van der Waals surface area contributed by atoms with Crippen molar-refractivity contribution in [1.29, 1.82) is 5.26 Å². The highest BCUT2D eigenvalue weighted by atomic mass is 19.1. The molecular formula is C29H21FN4O5. The number of rotatable bonds is 5. The number of methoxy groups -OCH3 is 2. The highest BCUT2D eigenvalue weighted by molar-refractivity contribution is 6.06. The van der Waals surface area contributed by atoms with E-state index in [2.05, 4.69) is 11.1 Å². The molecule has 9 nitrogen and oxygen atoms in total. The van der Waals surface area contributed by atoms with E-state index < -0.39 is 23.7 Å². The van der Waals surface area contributed by atoms with Crippen molar-refractivity contribution in [2.75, 3.05) is 19.1 Å². The third kappa shape index (κ3) is 4.36. The Hall–Kier alpha value is -5.43. The summed E-state index contributed by atoms with van der Waals surface area (Å²) >= 11 is 0.